The number of carbonyl (C=O) groups excluding carboxylic acids is 4. The maximum atomic E-state index is 13.1. The number of hydrogen-bond acceptors (Lipinski definition) is 15. The van der Waals surface area contributed by atoms with E-state index in [1.807, 2.05) is 0 Å². The minimum absolute atomic E-state index is 0.105. The number of aliphatic hydroxyl groups is 1. The van der Waals surface area contributed by atoms with Gasteiger partial charge in [0.15, 0.2) is 12.2 Å². The summed E-state index contributed by atoms with van der Waals surface area (Å²) < 4.78 is 68.7. The summed E-state index contributed by atoms with van der Waals surface area (Å²) in [6.07, 6.45) is 62.4. The second kappa shape index (κ2) is 72.6. The number of rotatable bonds is 80. The van der Waals surface area contributed by atoms with Crippen LogP contribution < -0.4 is 0 Å². The predicted octanol–water partition coefficient (Wildman–Crippen LogP) is 24.3. The number of phosphoric ester groups is 2. The number of esters is 4. The second-order valence-electron chi connectivity index (χ2n) is 29.6. The number of unbranched alkanes of at least 4 members (excludes halogenated alkanes) is 48. The summed E-state index contributed by atoms with van der Waals surface area (Å²) in [4.78, 5) is 73.0. The summed E-state index contributed by atoms with van der Waals surface area (Å²) in [5.41, 5.74) is 0. The van der Waals surface area contributed by atoms with Gasteiger partial charge in [0.1, 0.15) is 19.3 Å². The molecule has 0 heterocycles. The highest BCUT2D eigenvalue weighted by Crippen LogP contribution is 2.45. The van der Waals surface area contributed by atoms with Crippen LogP contribution >= 0.6 is 15.6 Å². The summed E-state index contributed by atoms with van der Waals surface area (Å²) in [6, 6.07) is 0. The number of hydrogen-bond donors (Lipinski definition) is 3. The quantitative estimate of drug-likeness (QED) is 0.0222. The monoisotopic (exact) mass is 1470 g/mol. The van der Waals surface area contributed by atoms with E-state index < -0.39 is 97.5 Å². The highest BCUT2D eigenvalue weighted by Gasteiger charge is 2.30. The fourth-order valence-corrected chi connectivity index (χ4v) is 14.1. The third-order valence-corrected chi connectivity index (χ3v) is 21.6. The van der Waals surface area contributed by atoms with Gasteiger partial charge in [-0.2, -0.15) is 0 Å². The van der Waals surface area contributed by atoms with Gasteiger partial charge >= 0.3 is 39.5 Å². The molecule has 4 unspecified atom stereocenters. The molecule has 0 aliphatic heterocycles. The fraction of sp³-hybridized carbons (Fsp3) is 0.951. The van der Waals surface area contributed by atoms with Crippen molar-refractivity contribution in [2.75, 3.05) is 39.6 Å². The molecule has 594 valence electrons. The van der Waals surface area contributed by atoms with Gasteiger partial charge in [-0.05, 0) is 37.5 Å². The van der Waals surface area contributed by atoms with Gasteiger partial charge in [0.2, 0.25) is 0 Å². The molecule has 100 heavy (non-hydrogen) atoms. The molecule has 0 fully saturated rings. The lowest BCUT2D eigenvalue weighted by Gasteiger charge is -2.21. The molecule has 17 nitrogen and oxygen atoms in total. The lowest BCUT2D eigenvalue weighted by molar-refractivity contribution is -0.161. The molecule has 0 bridgehead atoms. The average Bonchev–Trinajstić information content (AvgIpc) is 1.19. The number of phosphoric acid groups is 2. The molecule has 0 amide bonds. The van der Waals surface area contributed by atoms with Crippen molar-refractivity contribution in [2.45, 2.75) is 445 Å². The Morgan fingerprint density at radius 3 is 0.710 bits per heavy atom. The third kappa shape index (κ3) is 71.7. The van der Waals surface area contributed by atoms with Crippen molar-refractivity contribution in [1.82, 2.24) is 0 Å². The molecular formula is C81H158O17P2. The van der Waals surface area contributed by atoms with Crippen LogP contribution in [-0.2, 0) is 65.4 Å². The van der Waals surface area contributed by atoms with E-state index >= 15 is 0 Å². The predicted molar refractivity (Wildman–Crippen MR) is 409 cm³/mol. The first-order valence-electron chi connectivity index (χ1n) is 42.1. The first-order chi connectivity index (χ1) is 48.4. The molecule has 0 aromatic carbocycles. The number of ether oxygens (including phenoxy) is 4. The van der Waals surface area contributed by atoms with Crippen molar-refractivity contribution >= 4 is 39.5 Å². The molecule has 0 aliphatic carbocycles. The van der Waals surface area contributed by atoms with E-state index in [-0.39, 0.29) is 25.7 Å². The molecule has 0 aromatic rings. The Hall–Kier alpha value is -1.94. The summed E-state index contributed by atoms with van der Waals surface area (Å²) in [6.45, 7) is 9.63. The highest BCUT2D eigenvalue weighted by atomic mass is 31.2. The van der Waals surface area contributed by atoms with Gasteiger partial charge in [-0.15, -0.1) is 0 Å². The summed E-state index contributed by atoms with van der Waals surface area (Å²) in [5, 5.41) is 10.6. The Morgan fingerprint density at radius 1 is 0.280 bits per heavy atom. The van der Waals surface area contributed by atoms with Gasteiger partial charge in [0, 0.05) is 25.7 Å². The van der Waals surface area contributed by atoms with Crippen LogP contribution in [0, 0.1) is 11.8 Å². The minimum atomic E-state index is -4.96. The Balaban J connectivity index is 5.25. The van der Waals surface area contributed by atoms with Crippen molar-refractivity contribution in [1.29, 1.82) is 0 Å². The Kier molecular flexibility index (Phi) is 71.2. The molecule has 7 atom stereocenters. The molecule has 0 aromatic heterocycles. The minimum Gasteiger partial charge on any atom is -0.462 e. The van der Waals surface area contributed by atoms with Crippen LogP contribution in [0.15, 0.2) is 0 Å². The second-order valence-corrected chi connectivity index (χ2v) is 32.6. The standard InChI is InChI=1S/C81H158O17P2/c1-7-11-13-15-17-19-21-23-25-27-28-30-32-34-36-38-47-53-59-65-80(85)97-76(69-91-78(83)63-57-51-45-37-35-33-31-29-26-24-22-20-18-16-14-12-8-2)71-95-99(87,88)93-67-75(82)68-94-100(89,90)96-72-77(98-81(86)66-60-54-48-42-40-44-50-56-62-74(6)10-4)70-92-79(84)64-58-52-46-41-39-43-49-55-61-73(5)9-3/h73-77,82H,7-72H2,1-6H3,(H,87,88)(H,89,90)/t73?,74?,75-,76-,77-/m1/s1. The average molecular weight is 1470 g/mol. The first-order valence-corrected chi connectivity index (χ1v) is 45.1. The van der Waals surface area contributed by atoms with Gasteiger partial charge < -0.3 is 33.8 Å². The topological polar surface area (TPSA) is 237 Å². The lowest BCUT2D eigenvalue weighted by Crippen LogP contribution is -2.30. The van der Waals surface area contributed by atoms with E-state index in [0.717, 1.165) is 102 Å². The molecule has 0 spiro atoms. The Morgan fingerprint density at radius 2 is 0.480 bits per heavy atom. The van der Waals surface area contributed by atoms with Crippen LogP contribution in [0.25, 0.3) is 0 Å². The molecule has 0 radical (unpaired) electrons. The van der Waals surface area contributed by atoms with Crippen LogP contribution in [0.1, 0.15) is 427 Å². The lowest BCUT2D eigenvalue weighted by atomic mass is 9.99. The SMILES string of the molecule is CCCCCCCCCCCCCCCCCCCCCC(=O)O[C@H](COC(=O)CCCCCCCCCCCCCCCCCCC)COP(=O)(O)OC[C@@H](O)COP(=O)(O)OC[C@@H](COC(=O)CCCCCCCCCCC(C)CC)OC(=O)CCCCCCCCCCC(C)CC. The maximum Gasteiger partial charge on any atom is 0.472 e. The normalized spacial score (nSPS) is 14.4. The van der Waals surface area contributed by atoms with Crippen molar-refractivity contribution < 1.29 is 80.2 Å². The van der Waals surface area contributed by atoms with Gasteiger partial charge in [-0.3, -0.25) is 37.3 Å². The van der Waals surface area contributed by atoms with Crippen molar-refractivity contribution in [2.24, 2.45) is 11.8 Å². The van der Waals surface area contributed by atoms with E-state index in [4.69, 9.17) is 37.0 Å². The zero-order chi connectivity index (χ0) is 73.5. The van der Waals surface area contributed by atoms with E-state index in [1.165, 1.54) is 244 Å². The molecule has 0 saturated heterocycles. The van der Waals surface area contributed by atoms with E-state index in [1.54, 1.807) is 0 Å². The van der Waals surface area contributed by atoms with Crippen LogP contribution in [0.3, 0.4) is 0 Å². The highest BCUT2D eigenvalue weighted by molar-refractivity contribution is 7.47. The molecule has 3 N–H and O–H groups in total. The van der Waals surface area contributed by atoms with Gasteiger partial charge in [-0.1, -0.05) is 375 Å². The van der Waals surface area contributed by atoms with Gasteiger partial charge in [-0.25, -0.2) is 9.13 Å². The molecule has 0 rings (SSSR count). The number of carbonyl (C=O) groups is 4. The summed E-state index contributed by atoms with van der Waals surface area (Å²) in [5.74, 6) is -0.563. The Labute approximate surface area is 613 Å². The van der Waals surface area contributed by atoms with Crippen LogP contribution in [0.5, 0.6) is 0 Å². The van der Waals surface area contributed by atoms with E-state index in [2.05, 4.69) is 41.5 Å². The van der Waals surface area contributed by atoms with Crippen molar-refractivity contribution in [3.05, 3.63) is 0 Å². The zero-order valence-corrected chi connectivity index (χ0v) is 67.3. The number of aliphatic hydroxyl groups excluding tert-OH is 1. The van der Waals surface area contributed by atoms with E-state index in [0.29, 0.717) is 25.7 Å². The zero-order valence-electron chi connectivity index (χ0n) is 65.5. The molecule has 0 aliphatic rings. The first kappa shape index (κ1) is 98.1. The maximum absolute atomic E-state index is 13.1. The van der Waals surface area contributed by atoms with E-state index in [9.17, 15) is 43.2 Å². The third-order valence-electron chi connectivity index (χ3n) is 19.7. The van der Waals surface area contributed by atoms with Crippen molar-refractivity contribution in [3.63, 3.8) is 0 Å². The molecule has 19 heteroatoms. The Bertz CT molecular complexity index is 1930. The smallest absolute Gasteiger partial charge is 0.462 e. The van der Waals surface area contributed by atoms with Crippen LogP contribution in [0.2, 0.25) is 0 Å². The molecular weight excluding hydrogens is 1310 g/mol. The van der Waals surface area contributed by atoms with Gasteiger partial charge in [0.25, 0.3) is 0 Å². The summed E-state index contributed by atoms with van der Waals surface area (Å²) in [7, 11) is -9.92. The van der Waals surface area contributed by atoms with Crippen molar-refractivity contribution in [3.8, 4) is 0 Å². The fourth-order valence-electron chi connectivity index (χ4n) is 12.5. The van der Waals surface area contributed by atoms with Crippen LogP contribution in [0.4, 0.5) is 0 Å². The van der Waals surface area contributed by atoms with Gasteiger partial charge in [0.05, 0.1) is 26.4 Å². The van der Waals surface area contributed by atoms with Crippen LogP contribution in [-0.4, -0.2) is 96.7 Å². The largest absolute Gasteiger partial charge is 0.472 e. The molecule has 0 saturated carbocycles. The summed E-state index contributed by atoms with van der Waals surface area (Å²) >= 11 is 0.